The van der Waals surface area contributed by atoms with Crippen molar-refractivity contribution in [3.8, 4) is 5.75 Å². The highest BCUT2D eigenvalue weighted by molar-refractivity contribution is 14.0. The first-order chi connectivity index (χ1) is 13.1. The monoisotopic (exact) mass is 512 g/mol. The second-order valence-corrected chi connectivity index (χ2v) is 6.39. The van der Waals surface area contributed by atoms with Gasteiger partial charge in [0.15, 0.2) is 5.96 Å². The largest absolute Gasteiger partial charge is 0.434 e. The Kier molecular flexibility index (Phi) is 12.3. The first kappa shape index (κ1) is 24.8. The molecule has 1 aromatic carbocycles. The molecule has 2 rings (SSSR count). The van der Waals surface area contributed by atoms with Gasteiger partial charge in [-0.05, 0) is 32.4 Å². The first-order valence-electron chi connectivity index (χ1n) is 9.42. The van der Waals surface area contributed by atoms with Gasteiger partial charge in [0.25, 0.3) is 0 Å². The summed E-state index contributed by atoms with van der Waals surface area (Å²) in [6.07, 6.45) is 2.32. The van der Waals surface area contributed by atoms with E-state index in [-0.39, 0.29) is 36.3 Å². The predicted octanol–water partition coefficient (Wildman–Crippen LogP) is 3.07. The molecule has 0 radical (unpaired) electrons. The Hall–Kier alpha value is -1.20. The van der Waals surface area contributed by atoms with Crippen LogP contribution in [0.25, 0.3) is 0 Å². The second-order valence-electron chi connectivity index (χ2n) is 6.39. The third kappa shape index (κ3) is 8.44. The number of alkyl halides is 2. The highest BCUT2D eigenvalue weighted by atomic mass is 127. The quantitative estimate of drug-likeness (QED) is 0.287. The number of nitrogens with one attached hydrogen (secondary N) is 2. The molecule has 1 aliphatic rings. The molecule has 1 unspecified atom stereocenters. The van der Waals surface area contributed by atoms with Gasteiger partial charge in [0, 0.05) is 38.3 Å². The molecule has 28 heavy (non-hydrogen) atoms. The van der Waals surface area contributed by atoms with Crippen molar-refractivity contribution < 1.29 is 18.3 Å². The van der Waals surface area contributed by atoms with Crippen molar-refractivity contribution in [1.82, 2.24) is 15.5 Å². The van der Waals surface area contributed by atoms with E-state index in [1.54, 1.807) is 25.3 Å². The number of rotatable bonds is 10. The molecule has 0 aromatic heterocycles. The molecule has 0 saturated carbocycles. The molecule has 1 atom stereocenters. The molecule has 9 heteroatoms. The summed E-state index contributed by atoms with van der Waals surface area (Å²) in [6, 6.07) is 7.18. The van der Waals surface area contributed by atoms with Crippen LogP contribution in [-0.4, -0.2) is 63.4 Å². The molecule has 1 heterocycles. The fraction of sp³-hybridized carbons (Fsp3) is 0.632. The van der Waals surface area contributed by atoms with Gasteiger partial charge >= 0.3 is 6.61 Å². The molecule has 0 amide bonds. The lowest BCUT2D eigenvalue weighted by Gasteiger charge is -2.25. The molecular weight excluding hydrogens is 481 g/mol. The van der Waals surface area contributed by atoms with Gasteiger partial charge in [0.1, 0.15) is 5.75 Å². The van der Waals surface area contributed by atoms with Crippen molar-refractivity contribution in [2.24, 2.45) is 4.99 Å². The third-order valence-electron chi connectivity index (χ3n) is 4.53. The van der Waals surface area contributed by atoms with E-state index in [1.165, 1.54) is 12.5 Å². The van der Waals surface area contributed by atoms with E-state index in [0.29, 0.717) is 17.6 Å². The van der Waals surface area contributed by atoms with Crippen molar-refractivity contribution in [3.05, 3.63) is 29.8 Å². The van der Waals surface area contributed by atoms with Gasteiger partial charge in [-0.3, -0.25) is 4.90 Å². The molecule has 160 valence electrons. The lowest BCUT2D eigenvalue weighted by molar-refractivity contribution is -0.0504. The van der Waals surface area contributed by atoms with Gasteiger partial charge in [-0.2, -0.15) is 8.78 Å². The summed E-state index contributed by atoms with van der Waals surface area (Å²) >= 11 is 0. The van der Waals surface area contributed by atoms with E-state index in [9.17, 15) is 8.78 Å². The number of aliphatic imine (C=N–C) groups is 1. The fourth-order valence-electron chi connectivity index (χ4n) is 3.20. The number of para-hydroxylation sites is 1. The standard InChI is InChI=1S/C19H30F2N4O2.HI/c1-3-22-19(24-14-16-8-6-10-25(16)11-12-26-2)23-13-15-7-4-5-9-17(15)27-18(20)21;/h4-5,7,9,16,18H,3,6,8,10-14H2,1-2H3,(H2,22,23,24);1H. The lowest BCUT2D eigenvalue weighted by Crippen LogP contribution is -2.45. The molecule has 1 fully saturated rings. The van der Waals surface area contributed by atoms with Gasteiger partial charge in [-0.15, -0.1) is 24.0 Å². The maximum atomic E-state index is 12.5. The molecule has 1 aliphatic heterocycles. The summed E-state index contributed by atoms with van der Waals surface area (Å²) < 4.78 is 34.8. The molecule has 0 bridgehead atoms. The molecule has 0 spiro atoms. The Morgan fingerprint density at radius 3 is 2.82 bits per heavy atom. The van der Waals surface area contributed by atoms with Crippen LogP contribution in [0.5, 0.6) is 5.75 Å². The van der Waals surface area contributed by atoms with Crippen LogP contribution in [0.2, 0.25) is 0 Å². The minimum absolute atomic E-state index is 0. The predicted molar refractivity (Wildman–Crippen MR) is 118 cm³/mol. The number of ether oxygens (including phenoxy) is 2. The maximum Gasteiger partial charge on any atom is 0.387 e. The summed E-state index contributed by atoms with van der Waals surface area (Å²) in [4.78, 5) is 6.95. The van der Waals surface area contributed by atoms with E-state index in [2.05, 4.69) is 25.3 Å². The number of hydrogen-bond acceptors (Lipinski definition) is 4. The zero-order valence-electron chi connectivity index (χ0n) is 16.5. The first-order valence-corrected chi connectivity index (χ1v) is 9.42. The number of benzene rings is 1. The summed E-state index contributed by atoms with van der Waals surface area (Å²) in [5.41, 5.74) is 0.623. The van der Waals surface area contributed by atoms with E-state index in [1.807, 2.05) is 6.92 Å². The zero-order valence-corrected chi connectivity index (χ0v) is 18.8. The number of guanidine groups is 1. The van der Waals surface area contributed by atoms with Gasteiger partial charge < -0.3 is 20.1 Å². The summed E-state index contributed by atoms with van der Waals surface area (Å²) in [6.45, 7) is 3.65. The highest BCUT2D eigenvalue weighted by Crippen LogP contribution is 2.21. The van der Waals surface area contributed by atoms with Crippen LogP contribution in [0.3, 0.4) is 0 Å². The Balaban J connectivity index is 0.00000392. The van der Waals surface area contributed by atoms with Crippen LogP contribution in [0, 0.1) is 0 Å². The fourth-order valence-corrected chi connectivity index (χ4v) is 3.20. The Bertz CT molecular complexity index is 593. The SMILES string of the molecule is CCNC(=NCc1ccccc1OC(F)F)NCC1CCCN1CCOC.I. The van der Waals surface area contributed by atoms with E-state index < -0.39 is 6.61 Å². The second kappa shape index (κ2) is 13.9. The summed E-state index contributed by atoms with van der Waals surface area (Å²) in [7, 11) is 1.72. The molecule has 0 aliphatic carbocycles. The topological polar surface area (TPSA) is 58.1 Å². The molecular formula is C19H31F2IN4O2. The van der Waals surface area contributed by atoms with Crippen LogP contribution >= 0.6 is 24.0 Å². The average Bonchev–Trinajstić information content (AvgIpc) is 3.10. The average molecular weight is 512 g/mol. The van der Waals surface area contributed by atoms with Crippen LogP contribution in [-0.2, 0) is 11.3 Å². The van der Waals surface area contributed by atoms with Gasteiger partial charge in [-0.25, -0.2) is 4.99 Å². The summed E-state index contributed by atoms with van der Waals surface area (Å²) in [5.74, 6) is 0.830. The van der Waals surface area contributed by atoms with Gasteiger partial charge in [0.2, 0.25) is 0 Å². The van der Waals surface area contributed by atoms with Crippen molar-refractivity contribution in [2.45, 2.75) is 39.0 Å². The van der Waals surface area contributed by atoms with Gasteiger partial charge in [-0.1, -0.05) is 18.2 Å². The zero-order chi connectivity index (χ0) is 19.5. The molecule has 1 aromatic rings. The number of nitrogens with zero attached hydrogens (tertiary/aromatic N) is 2. The van der Waals surface area contributed by atoms with Crippen LogP contribution < -0.4 is 15.4 Å². The number of halogens is 3. The lowest BCUT2D eigenvalue weighted by atomic mass is 10.2. The Morgan fingerprint density at radius 1 is 1.32 bits per heavy atom. The van der Waals surface area contributed by atoms with Crippen molar-refractivity contribution in [3.63, 3.8) is 0 Å². The van der Waals surface area contributed by atoms with E-state index in [4.69, 9.17) is 4.74 Å². The van der Waals surface area contributed by atoms with Crippen LogP contribution in [0.4, 0.5) is 8.78 Å². The highest BCUT2D eigenvalue weighted by Gasteiger charge is 2.24. The summed E-state index contributed by atoms with van der Waals surface area (Å²) in [5, 5.41) is 6.57. The molecule has 1 saturated heterocycles. The van der Waals surface area contributed by atoms with Crippen LogP contribution in [0.1, 0.15) is 25.3 Å². The Morgan fingerprint density at radius 2 is 2.11 bits per heavy atom. The Labute approximate surface area is 183 Å². The van der Waals surface area contributed by atoms with Crippen molar-refractivity contribution in [2.75, 3.05) is 39.9 Å². The van der Waals surface area contributed by atoms with Crippen molar-refractivity contribution in [1.29, 1.82) is 0 Å². The third-order valence-corrected chi connectivity index (χ3v) is 4.53. The normalized spacial score (nSPS) is 17.5. The van der Waals surface area contributed by atoms with Gasteiger partial charge in [0.05, 0.1) is 13.2 Å². The minimum atomic E-state index is -2.85. The number of likely N-dealkylation sites (tertiary alicyclic amines) is 1. The van der Waals surface area contributed by atoms with E-state index >= 15 is 0 Å². The van der Waals surface area contributed by atoms with E-state index in [0.717, 1.165) is 39.2 Å². The number of methoxy groups -OCH3 is 1. The molecule has 6 nitrogen and oxygen atoms in total. The molecule has 2 N–H and O–H groups in total. The maximum absolute atomic E-state index is 12.5. The number of hydrogen-bond donors (Lipinski definition) is 2. The van der Waals surface area contributed by atoms with Crippen molar-refractivity contribution >= 4 is 29.9 Å². The van der Waals surface area contributed by atoms with Crippen LogP contribution in [0.15, 0.2) is 29.3 Å². The smallest absolute Gasteiger partial charge is 0.387 e. The minimum Gasteiger partial charge on any atom is -0.434 e.